The molecular weight excluding hydrogens is 548 g/mol. The summed E-state index contributed by atoms with van der Waals surface area (Å²) in [5, 5.41) is 9.87. The van der Waals surface area contributed by atoms with Gasteiger partial charge in [-0.25, -0.2) is 28.1 Å². The number of aliphatic hydroxyl groups excluding tert-OH is 1. The first-order valence-corrected chi connectivity index (χ1v) is 15.6. The number of morpholine rings is 1. The van der Waals surface area contributed by atoms with Gasteiger partial charge in [-0.1, -0.05) is 24.8 Å². The number of aromatic amines is 1. The highest BCUT2D eigenvalue weighted by molar-refractivity contribution is 7.99. The van der Waals surface area contributed by atoms with E-state index in [9.17, 15) is 8.42 Å². The van der Waals surface area contributed by atoms with Crippen molar-refractivity contribution in [3.05, 3.63) is 59.9 Å². The van der Waals surface area contributed by atoms with Crippen LogP contribution in [0.3, 0.4) is 0 Å². The second kappa shape index (κ2) is 13.6. The van der Waals surface area contributed by atoms with Crippen molar-refractivity contribution in [1.82, 2.24) is 24.7 Å². The predicted molar refractivity (Wildman–Crippen MR) is 162 cm³/mol. The number of aliphatic hydroxyl groups is 1. The molecule has 0 bridgehead atoms. The molecule has 10 nitrogen and oxygen atoms in total. The molecule has 0 atom stereocenters. The molecule has 0 aliphatic carbocycles. The van der Waals surface area contributed by atoms with Gasteiger partial charge in [0.15, 0.2) is 5.82 Å². The molecule has 1 aliphatic heterocycles. The number of nitrogens with zero attached hydrogens (tertiary/aromatic N) is 4. The monoisotopic (exact) mass is 584 g/mol. The maximum Gasteiger partial charge on any atom is 0.236 e. The van der Waals surface area contributed by atoms with Crippen LogP contribution in [-0.2, 0) is 14.8 Å². The molecule has 1 fully saturated rings. The van der Waals surface area contributed by atoms with Crippen molar-refractivity contribution in [2.24, 2.45) is 0 Å². The number of anilines is 1. The molecule has 0 unspecified atom stereocenters. The summed E-state index contributed by atoms with van der Waals surface area (Å²) in [6.45, 7) is 14.3. The Morgan fingerprint density at radius 1 is 1.27 bits per heavy atom. The Morgan fingerprint density at radius 3 is 2.77 bits per heavy atom. The van der Waals surface area contributed by atoms with Gasteiger partial charge in [0.2, 0.25) is 10.0 Å². The van der Waals surface area contributed by atoms with E-state index >= 15 is 0 Å². The maximum absolute atomic E-state index is 12.2. The van der Waals surface area contributed by atoms with Gasteiger partial charge in [-0.2, -0.15) is 0 Å². The van der Waals surface area contributed by atoms with Crippen LogP contribution in [0.15, 0.2) is 59.1 Å². The Hall–Kier alpha value is -3.03. The van der Waals surface area contributed by atoms with E-state index in [1.54, 1.807) is 18.0 Å². The molecule has 4 rings (SSSR count). The molecule has 3 N–H and O–H groups in total. The van der Waals surface area contributed by atoms with Crippen LogP contribution in [0.1, 0.15) is 32.4 Å². The number of sulfonamides is 1. The van der Waals surface area contributed by atoms with E-state index in [1.165, 1.54) is 0 Å². The lowest BCUT2D eigenvalue weighted by molar-refractivity contribution is 0.122. The number of aromatic nitrogens is 4. The van der Waals surface area contributed by atoms with E-state index in [0.717, 1.165) is 57.2 Å². The predicted octanol–water partition coefficient (Wildman–Crippen LogP) is 4.13. The van der Waals surface area contributed by atoms with Crippen LogP contribution in [0, 0.1) is 0 Å². The van der Waals surface area contributed by atoms with Gasteiger partial charge in [-0.15, -0.1) is 11.8 Å². The van der Waals surface area contributed by atoms with Gasteiger partial charge in [0.05, 0.1) is 35.3 Å². The van der Waals surface area contributed by atoms with Crippen molar-refractivity contribution in [2.45, 2.75) is 31.6 Å². The molecule has 1 aliphatic rings. The molecule has 40 heavy (non-hydrogen) atoms. The van der Waals surface area contributed by atoms with Crippen LogP contribution in [0.2, 0.25) is 0 Å². The number of H-pyrrole nitrogens is 1. The van der Waals surface area contributed by atoms with Gasteiger partial charge in [0, 0.05) is 48.7 Å². The number of thioether (sulfide) groups is 1. The first-order valence-electron chi connectivity index (χ1n) is 13.1. The Balaban J connectivity index is 1.57. The van der Waals surface area contributed by atoms with E-state index in [2.05, 4.69) is 32.7 Å². The highest BCUT2D eigenvalue weighted by Crippen LogP contribution is 2.37. The van der Waals surface area contributed by atoms with Crippen LogP contribution < -0.4 is 9.62 Å². The zero-order chi connectivity index (χ0) is 28.7. The molecule has 4 heterocycles. The summed E-state index contributed by atoms with van der Waals surface area (Å²) >= 11 is 1.65. The quantitative estimate of drug-likeness (QED) is 0.200. The lowest BCUT2D eigenvalue weighted by Crippen LogP contribution is -2.37. The molecule has 0 aromatic carbocycles. The third-order valence-electron chi connectivity index (χ3n) is 6.36. The largest absolute Gasteiger partial charge is 0.395 e. The number of pyridine rings is 1. The first kappa shape index (κ1) is 29.9. The maximum atomic E-state index is 12.2. The third kappa shape index (κ3) is 7.38. The number of fused-ring (bicyclic) bond motifs is 1. The van der Waals surface area contributed by atoms with Crippen molar-refractivity contribution < 1.29 is 18.3 Å². The van der Waals surface area contributed by atoms with Gasteiger partial charge < -0.3 is 19.7 Å². The summed E-state index contributed by atoms with van der Waals surface area (Å²) in [5.41, 5.74) is 4.39. The SMILES string of the molecule is C=C(C)c1nc(-c2cnc3[nH]ccc3c2)nc(N2CCOCC2)c1SC/C(C)=C/CCC(=C)S(=O)(=O)NCCO. The summed E-state index contributed by atoms with van der Waals surface area (Å²) in [7, 11) is -3.63. The second-order valence-electron chi connectivity index (χ2n) is 9.61. The van der Waals surface area contributed by atoms with Crippen molar-refractivity contribution >= 4 is 44.2 Å². The second-order valence-corrected chi connectivity index (χ2v) is 12.5. The van der Waals surface area contributed by atoms with Crippen molar-refractivity contribution in [3.63, 3.8) is 0 Å². The Morgan fingerprint density at radius 2 is 2.05 bits per heavy atom. The zero-order valence-electron chi connectivity index (χ0n) is 22.9. The highest BCUT2D eigenvalue weighted by atomic mass is 32.2. The fourth-order valence-electron chi connectivity index (χ4n) is 4.18. The minimum atomic E-state index is -3.63. The van der Waals surface area contributed by atoms with E-state index in [-0.39, 0.29) is 18.1 Å². The summed E-state index contributed by atoms with van der Waals surface area (Å²) in [4.78, 5) is 20.9. The van der Waals surface area contributed by atoms with Gasteiger partial charge in [-0.3, -0.25) is 0 Å². The van der Waals surface area contributed by atoms with Gasteiger partial charge in [-0.05, 0) is 44.4 Å². The van der Waals surface area contributed by atoms with Gasteiger partial charge in [0.25, 0.3) is 0 Å². The average molecular weight is 585 g/mol. The average Bonchev–Trinajstić information content (AvgIpc) is 3.43. The number of nitrogens with one attached hydrogen (secondary N) is 2. The molecule has 1 saturated heterocycles. The lowest BCUT2D eigenvalue weighted by atomic mass is 10.2. The van der Waals surface area contributed by atoms with Crippen LogP contribution >= 0.6 is 11.8 Å². The van der Waals surface area contributed by atoms with Crippen LogP contribution in [0.25, 0.3) is 28.0 Å². The fourth-order valence-corrected chi connectivity index (χ4v) is 6.28. The molecule has 0 spiro atoms. The molecule has 0 saturated carbocycles. The molecule has 12 heteroatoms. The number of hydrogen-bond donors (Lipinski definition) is 3. The Labute approximate surface area is 239 Å². The molecule has 3 aromatic heterocycles. The smallest absolute Gasteiger partial charge is 0.236 e. The minimum absolute atomic E-state index is 0.0263. The molecule has 0 radical (unpaired) electrons. The Kier molecular flexibility index (Phi) is 10.1. The highest BCUT2D eigenvalue weighted by Gasteiger charge is 2.23. The number of hydrogen-bond acceptors (Lipinski definition) is 9. The number of allylic oxidation sites excluding steroid dienone is 3. The van der Waals surface area contributed by atoms with Crippen molar-refractivity contribution in [2.75, 3.05) is 50.1 Å². The minimum Gasteiger partial charge on any atom is -0.395 e. The van der Waals surface area contributed by atoms with Gasteiger partial charge >= 0.3 is 0 Å². The van der Waals surface area contributed by atoms with Crippen LogP contribution in [0.5, 0.6) is 0 Å². The van der Waals surface area contributed by atoms with E-state index in [1.807, 2.05) is 38.3 Å². The molecule has 0 amide bonds. The van der Waals surface area contributed by atoms with Gasteiger partial charge in [0.1, 0.15) is 11.5 Å². The van der Waals surface area contributed by atoms with E-state index < -0.39 is 10.0 Å². The van der Waals surface area contributed by atoms with Crippen LogP contribution in [-0.4, -0.2) is 78.7 Å². The van der Waals surface area contributed by atoms with Crippen LogP contribution in [0.4, 0.5) is 5.82 Å². The number of ether oxygens (including phenoxy) is 1. The summed E-state index contributed by atoms with van der Waals surface area (Å²) in [6.07, 6.45) is 6.52. The standard InChI is InChI=1S/C28H36N6O4S2/c1-19(2)24-25(39-18-20(3)6-5-7-21(4)40(36,37)31-10-13-35)28(34-11-14-38-15-12-34)33-27(32-24)23-16-22-8-9-29-26(22)30-17-23/h6,8-9,16-17,31,35H,1,4-5,7,10-15,18H2,2-3H3,(H,29,30)/b20-6+. The van der Waals surface area contributed by atoms with Crippen molar-refractivity contribution in [3.8, 4) is 11.4 Å². The summed E-state index contributed by atoms with van der Waals surface area (Å²) < 4.78 is 32.2. The zero-order valence-corrected chi connectivity index (χ0v) is 24.6. The normalized spacial score (nSPS) is 14.6. The fraction of sp³-hybridized carbons (Fsp3) is 0.393. The number of rotatable bonds is 13. The third-order valence-corrected chi connectivity index (χ3v) is 9.18. The summed E-state index contributed by atoms with van der Waals surface area (Å²) in [6, 6.07) is 4.01. The lowest BCUT2D eigenvalue weighted by Gasteiger charge is -2.30. The van der Waals surface area contributed by atoms with E-state index in [0.29, 0.717) is 37.6 Å². The molecule has 3 aromatic rings. The van der Waals surface area contributed by atoms with Crippen molar-refractivity contribution in [1.29, 1.82) is 0 Å². The molecular formula is C28H36N6O4S2. The first-order chi connectivity index (χ1) is 19.2. The Bertz CT molecular complexity index is 1510. The molecule has 214 valence electrons. The topological polar surface area (TPSA) is 133 Å². The summed E-state index contributed by atoms with van der Waals surface area (Å²) in [5.74, 6) is 2.13. The van der Waals surface area contributed by atoms with E-state index in [4.69, 9.17) is 19.8 Å².